The highest BCUT2D eigenvalue weighted by Gasteiger charge is 2.20. The van der Waals surface area contributed by atoms with E-state index < -0.39 is 0 Å². The zero-order chi connectivity index (χ0) is 22.2. The second kappa shape index (κ2) is 11.0. The molecule has 4 heteroatoms. The molecule has 0 saturated heterocycles. The number of hydrogen-bond acceptors (Lipinski definition) is 2. The number of anilines is 2. The van der Waals surface area contributed by atoms with Crippen molar-refractivity contribution in [3.63, 3.8) is 0 Å². The van der Waals surface area contributed by atoms with Crippen LogP contribution in [0.25, 0.3) is 0 Å². The van der Waals surface area contributed by atoms with Gasteiger partial charge in [0.25, 0.3) is 0 Å². The van der Waals surface area contributed by atoms with Crippen LogP contribution in [-0.2, 0) is 6.54 Å². The van der Waals surface area contributed by atoms with Gasteiger partial charge in [-0.2, -0.15) is 0 Å². The monoisotopic (exact) mass is 431 g/mol. The Bertz CT molecular complexity index is 965. The molecule has 0 spiro atoms. The molecule has 0 amide bonds. The number of para-hydroxylation sites is 1. The van der Waals surface area contributed by atoms with E-state index >= 15 is 0 Å². The molecule has 1 atom stereocenters. The van der Waals surface area contributed by atoms with Crippen molar-refractivity contribution in [2.24, 2.45) is 0 Å². The molecule has 0 aliphatic rings. The van der Waals surface area contributed by atoms with Crippen molar-refractivity contribution in [2.45, 2.75) is 40.3 Å². The summed E-state index contributed by atoms with van der Waals surface area (Å²) in [4.78, 5) is 4.63. The third-order valence-corrected chi connectivity index (χ3v) is 6.15. The first-order valence-corrected chi connectivity index (χ1v) is 11.5. The van der Waals surface area contributed by atoms with Crippen LogP contribution in [0.1, 0.15) is 43.5 Å². The normalized spacial score (nSPS) is 11.6. The predicted octanol–water partition coefficient (Wildman–Crippen LogP) is 6.80. The largest absolute Gasteiger partial charge is 0.372 e. The molecule has 1 N–H and O–H groups in total. The molecule has 162 valence electrons. The van der Waals surface area contributed by atoms with E-state index in [1.807, 2.05) is 12.1 Å². The van der Waals surface area contributed by atoms with Gasteiger partial charge in [-0.1, -0.05) is 60.7 Å². The molecule has 3 aromatic rings. The van der Waals surface area contributed by atoms with Crippen LogP contribution in [0, 0.1) is 6.92 Å². The molecule has 0 saturated carbocycles. The fourth-order valence-electron chi connectivity index (χ4n) is 3.79. The number of nitrogens with one attached hydrogen (secondary N) is 1. The molecule has 31 heavy (non-hydrogen) atoms. The van der Waals surface area contributed by atoms with Crippen LogP contribution >= 0.6 is 12.2 Å². The zero-order valence-corrected chi connectivity index (χ0v) is 19.8. The van der Waals surface area contributed by atoms with Crippen molar-refractivity contribution >= 4 is 28.7 Å². The lowest BCUT2D eigenvalue weighted by atomic mass is 10.1. The van der Waals surface area contributed by atoms with Crippen LogP contribution < -0.4 is 10.2 Å². The highest BCUT2D eigenvalue weighted by molar-refractivity contribution is 7.80. The first-order valence-electron chi connectivity index (χ1n) is 11.1. The average molecular weight is 432 g/mol. The summed E-state index contributed by atoms with van der Waals surface area (Å²) in [6.07, 6.45) is 0. The lowest BCUT2D eigenvalue weighted by Gasteiger charge is -2.33. The summed E-state index contributed by atoms with van der Waals surface area (Å²) < 4.78 is 0. The Morgan fingerprint density at radius 1 is 0.871 bits per heavy atom. The SMILES string of the molecule is CCN(CC)c1ccc(CN(C(=S)Nc2ccccc2C)C(C)c2ccccc2)cc1. The summed E-state index contributed by atoms with van der Waals surface area (Å²) >= 11 is 5.90. The topological polar surface area (TPSA) is 18.5 Å². The Labute approximate surface area is 192 Å². The molecular weight excluding hydrogens is 398 g/mol. The average Bonchev–Trinajstić information content (AvgIpc) is 2.81. The van der Waals surface area contributed by atoms with Crippen molar-refractivity contribution in [3.05, 3.63) is 95.6 Å². The summed E-state index contributed by atoms with van der Waals surface area (Å²) in [7, 11) is 0. The van der Waals surface area contributed by atoms with Gasteiger partial charge in [0, 0.05) is 31.0 Å². The Morgan fingerprint density at radius 3 is 2.10 bits per heavy atom. The molecule has 1 unspecified atom stereocenters. The fraction of sp³-hybridized carbons (Fsp3) is 0.296. The molecule has 0 bridgehead atoms. The number of thiocarbonyl (C=S) groups is 1. The van der Waals surface area contributed by atoms with Crippen molar-refractivity contribution < 1.29 is 0 Å². The standard InChI is InChI=1S/C27H33N3S/c1-5-29(6-2)25-18-16-23(17-19-25)20-30(22(4)24-13-8-7-9-14-24)27(31)28-26-15-11-10-12-21(26)3/h7-19,22H,5-6,20H2,1-4H3,(H,28,31). The van der Waals surface area contributed by atoms with Crippen LogP contribution in [0.2, 0.25) is 0 Å². The maximum absolute atomic E-state index is 5.90. The second-order valence-corrected chi connectivity index (χ2v) is 8.19. The third kappa shape index (κ3) is 5.86. The van der Waals surface area contributed by atoms with E-state index in [9.17, 15) is 0 Å². The number of benzene rings is 3. The van der Waals surface area contributed by atoms with Crippen LogP contribution in [0.15, 0.2) is 78.9 Å². The first-order chi connectivity index (χ1) is 15.0. The maximum atomic E-state index is 5.90. The lowest BCUT2D eigenvalue weighted by molar-refractivity contribution is 0.334. The van der Waals surface area contributed by atoms with E-state index in [0.29, 0.717) is 0 Å². The molecule has 3 nitrogen and oxygen atoms in total. The number of aryl methyl sites for hydroxylation is 1. The van der Waals surface area contributed by atoms with Crippen LogP contribution in [0.3, 0.4) is 0 Å². The summed E-state index contributed by atoms with van der Waals surface area (Å²) in [5.41, 5.74) is 5.98. The third-order valence-electron chi connectivity index (χ3n) is 5.81. The molecule has 0 aromatic heterocycles. The minimum absolute atomic E-state index is 0.146. The Hall–Kier alpha value is -2.85. The Kier molecular flexibility index (Phi) is 8.07. The van der Waals surface area contributed by atoms with Crippen molar-refractivity contribution in [2.75, 3.05) is 23.3 Å². The molecule has 3 aromatic carbocycles. The minimum Gasteiger partial charge on any atom is -0.372 e. The Balaban J connectivity index is 1.85. The minimum atomic E-state index is 0.146. The van der Waals surface area contributed by atoms with Gasteiger partial charge in [-0.05, 0) is 74.8 Å². The van der Waals surface area contributed by atoms with E-state index in [4.69, 9.17) is 12.2 Å². The first kappa shape index (κ1) is 22.8. The van der Waals surface area contributed by atoms with E-state index in [0.717, 1.165) is 30.4 Å². The lowest BCUT2D eigenvalue weighted by Crippen LogP contribution is -2.36. The number of hydrogen-bond donors (Lipinski definition) is 1. The summed E-state index contributed by atoms with van der Waals surface area (Å²) in [6.45, 7) is 11.5. The van der Waals surface area contributed by atoms with Gasteiger partial charge in [0.15, 0.2) is 5.11 Å². The van der Waals surface area contributed by atoms with Crippen LogP contribution in [0.4, 0.5) is 11.4 Å². The molecule has 0 fully saturated rings. The quantitative estimate of drug-likeness (QED) is 0.395. The van der Waals surface area contributed by atoms with Gasteiger partial charge in [0.1, 0.15) is 0 Å². The highest BCUT2D eigenvalue weighted by atomic mass is 32.1. The Morgan fingerprint density at radius 2 is 1.48 bits per heavy atom. The van der Waals surface area contributed by atoms with Gasteiger partial charge < -0.3 is 15.1 Å². The smallest absolute Gasteiger partial charge is 0.174 e. The van der Waals surface area contributed by atoms with Gasteiger partial charge >= 0.3 is 0 Å². The predicted molar refractivity (Wildman–Crippen MR) is 138 cm³/mol. The van der Waals surface area contributed by atoms with Crippen molar-refractivity contribution in [1.29, 1.82) is 0 Å². The van der Waals surface area contributed by atoms with Crippen molar-refractivity contribution in [1.82, 2.24) is 4.90 Å². The summed E-state index contributed by atoms with van der Waals surface area (Å²) in [6, 6.07) is 27.8. The van der Waals surface area contributed by atoms with Gasteiger partial charge in [-0.25, -0.2) is 0 Å². The zero-order valence-electron chi connectivity index (χ0n) is 19.0. The molecule has 0 aliphatic heterocycles. The highest BCUT2D eigenvalue weighted by Crippen LogP contribution is 2.25. The van der Waals surface area contributed by atoms with E-state index in [2.05, 4.69) is 110 Å². The van der Waals surface area contributed by atoms with Gasteiger partial charge in [0.05, 0.1) is 6.04 Å². The fourth-order valence-corrected chi connectivity index (χ4v) is 4.13. The van der Waals surface area contributed by atoms with Gasteiger partial charge in [-0.3, -0.25) is 0 Å². The molecular formula is C27H33N3S. The van der Waals surface area contributed by atoms with Gasteiger partial charge in [0.2, 0.25) is 0 Å². The number of rotatable bonds is 8. The molecule has 3 rings (SSSR count). The van der Waals surface area contributed by atoms with E-state index in [1.165, 1.54) is 22.4 Å². The summed E-state index contributed by atoms with van der Waals surface area (Å²) in [5, 5.41) is 4.21. The van der Waals surface area contributed by atoms with Gasteiger partial charge in [-0.15, -0.1) is 0 Å². The maximum Gasteiger partial charge on any atom is 0.174 e. The molecule has 0 radical (unpaired) electrons. The number of nitrogens with zero attached hydrogens (tertiary/aromatic N) is 2. The van der Waals surface area contributed by atoms with E-state index in [-0.39, 0.29) is 6.04 Å². The van der Waals surface area contributed by atoms with E-state index in [1.54, 1.807) is 0 Å². The molecule has 0 aliphatic carbocycles. The summed E-state index contributed by atoms with van der Waals surface area (Å²) in [5.74, 6) is 0. The second-order valence-electron chi connectivity index (χ2n) is 7.80. The molecule has 0 heterocycles. The van der Waals surface area contributed by atoms with Crippen molar-refractivity contribution in [3.8, 4) is 0 Å². The van der Waals surface area contributed by atoms with Crippen LogP contribution in [0.5, 0.6) is 0 Å². The van der Waals surface area contributed by atoms with Crippen LogP contribution in [-0.4, -0.2) is 23.1 Å².